The quantitative estimate of drug-likeness (QED) is 0.358. The standard InChI is InChI=1S/C27H32FN7O3/c1-14-11-30-25(31-17-8-7-9-35(13-17)26(36)37-27(4,5)6)33-22(14)19-12-29-24-18(19)10-20(28)23(32-24)21-15(2)34-38-16(21)3/h10-12,17H,7-9,13H2,1-6H3,(H,29,32)(H,30,31,33)/t17-/m0/s1. The minimum Gasteiger partial charge on any atom is -0.444 e. The number of piperidine rings is 1. The third-order valence-corrected chi connectivity index (χ3v) is 6.52. The van der Waals surface area contributed by atoms with Crippen LogP contribution in [0.25, 0.3) is 33.5 Å². The molecule has 1 aliphatic heterocycles. The van der Waals surface area contributed by atoms with Gasteiger partial charge in [0.2, 0.25) is 5.95 Å². The largest absolute Gasteiger partial charge is 0.444 e. The Kier molecular flexibility index (Phi) is 6.54. The number of carbonyl (C=O) groups is 1. The number of carbonyl (C=O) groups excluding carboxylic acids is 1. The number of pyridine rings is 1. The van der Waals surface area contributed by atoms with Crippen molar-refractivity contribution in [2.24, 2.45) is 0 Å². The van der Waals surface area contributed by atoms with Gasteiger partial charge in [-0.25, -0.2) is 24.1 Å². The average Bonchev–Trinajstić information content (AvgIpc) is 3.40. The van der Waals surface area contributed by atoms with Crippen LogP contribution in [0.1, 0.15) is 50.6 Å². The zero-order valence-corrected chi connectivity index (χ0v) is 22.5. The van der Waals surface area contributed by atoms with Crippen molar-refractivity contribution in [1.29, 1.82) is 0 Å². The third-order valence-electron chi connectivity index (χ3n) is 6.52. The Balaban J connectivity index is 1.41. The van der Waals surface area contributed by atoms with E-state index in [9.17, 15) is 4.79 Å². The molecule has 10 nitrogen and oxygen atoms in total. The van der Waals surface area contributed by atoms with Crippen molar-refractivity contribution in [2.75, 3.05) is 18.4 Å². The number of hydrogen-bond acceptors (Lipinski definition) is 8. The highest BCUT2D eigenvalue weighted by atomic mass is 19.1. The van der Waals surface area contributed by atoms with E-state index < -0.39 is 11.4 Å². The molecular weight excluding hydrogens is 489 g/mol. The third kappa shape index (κ3) is 5.05. The van der Waals surface area contributed by atoms with Gasteiger partial charge in [0.25, 0.3) is 0 Å². The van der Waals surface area contributed by atoms with E-state index in [2.05, 4.69) is 25.4 Å². The van der Waals surface area contributed by atoms with Crippen molar-refractivity contribution in [2.45, 2.75) is 66.0 Å². The number of anilines is 1. The fraction of sp³-hybridized carbons (Fsp3) is 0.444. The first-order valence-corrected chi connectivity index (χ1v) is 12.7. The van der Waals surface area contributed by atoms with E-state index in [-0.39, 0.29) is 17.8 Å². The molecule has 5 rings (SSSR count). The predicted molar refractivity (Wildman–Crippen MR) is 141 cm³/mol. The van der Waals surface area contributed by atoms with Gasteiger partial charge in [-0.1, -0.05) is 5.16 Å². The van der Waals surface area contributed by atoms with Gasteiger partial charge in [0, 0.05) is 42.5 Å². The van der Waals surface area contributed by atoms with E-state index in [4.69, 9.17) is 14.2 Å². The highest BCUT2D eigenvalue weighted by Gasteiger charge is 2.28. The normalized spacial score (nSPS) is 16.2. The lowest BCUT2D eigenvalue weighted by atomic mass is 10.1. The first-order valence-electron chi connectivity index (χ1n) is 12.7. The number of H-pyrrole nitrogens is 1. The van der Waals surface area contributed by atoms with Crippen LogP contribution < -0.4 is 5.32 Å². The second-order valence-corrected chi connectivity index (χ2v) is 10.8. The maximum absolute atomic E-state index is 15.3. The number of aromatic nitrogens is 5. The molecule has 0 bridgehead atoms. The van der Waals surface area contributed by atoms with E-state index in [0.29, 0.717) is 52.8 Å². The molecule has 4 aromatic heterocycles. The van der Waals surface area contributed by atoms with Gasteiger partial charge in [-0.15, -0.1) is 0 Å². The summed E-state index contributed by atoms with van der Waals surface area (Å²) in [4.78, 5) is 31.2. The fourth-order valence-corrected chi connectivity index (χ4v) is 4.77. The molecule has 5 heterocycles. The van der Waals surface area contributed by atoms with Crippen molar-refractivity contribution in [3.63, 3.8) is 0 Å². The molecule has 1 saturated heterocycles. The molecule has 1 aliphatic rings. The average molecular weight is 522 g/mol. The summed E-state index contributed by atoms with van der Waals surface area (Å²) < 4.78 is 26.0. The minimum absolute atomic E-state index is 0.0217. The number of aryl methyl sites for hydroxylation is 3. The molecule has 11 heteroatoms. The van der Waals surface area contributed by atoms with E-state index in [1.54, 1.807) is 31.1 Å². The Bertz CT molecular complexity index is 1490. The van der Waals surface area contributed by atoms with Gasteiger partial charge in [0.05, 0.1) is 17.0 Å². The zero-order valence-electron chi connectivity index (χ0n) is 22.5. The lowest BCUT2D eigenvalue weighted by Gasteiger charge is -2.34. The van der Waals surface area contributed by atoms with Crippen LogP contribution in [-0.4, -0.2) is 60.8 Å². The minimum atomic E-state index is -0.548. The van der Waals surface area contributed by atoms with E-state index in [0.717, 1.165) is 24.0 Å². The lowest BCUT2D eigenvalue weighted by molar-refractivity contribution is 0.0206. The molecule has 200 valence electrons. The predicted octanol–water partition coefficient (Wildman–Crippen LogP) is 5.55. The Morgan fingerprint density at radius 1 is 1.24 bits per heavy atom. The zero-order chi connectivity index (χ0) is 27.2. The molecule has 4 aromatic rings. The molecule has 0 aliphatic carbocycles. The van der Waals surface area contributed by atoms with Crippen molar-refractivity contribution in [3.8, 4) is 22.5 Å². The Morgan fingerprint density at radius 3 is 2.74 bits per heavy atom. The van der Waals surface area contributed by atoms with Gasteiger partial charge in [-0.05, 0) is 66.0 Å². The highest BCUT2D eigenvalue weighted by Crippen LogP contribution is 2.34. The van der Waals surface area contributed by atoms with Gasteiger partial charge >= 0.3 is 6.09 Å². The Hall–Kier alpha value is -4.02. The monoisotopic (exact) mass is 521 g/mol. The summed E-state index contributed by atoms with van der Waals surface area (Å²) in [6.45, 7) is 12.1. The first-order chi connectivity index (χ1) is 18.0. The second kappa shape index (κ2) is 9.70. The fourth-order valence-electron chi connectivity index (χ4n) is 4.77. The smallest absolute Gasteiger partial charge is 0.410 e. The molecule has 0 radical (unpaired) electrons. The van der Waals surface area contributed by atoms with Gasteiger partial charge in [-0.2, -0.15) is 0 Å². The van der Waals surface area contributed by atoms with Crippen molar-refractivity contribution in [3.05, 3.63) is 41.3 Å². The van der Waals surface area contributed by atoms with Gasteiger partial charge < -0.3 is 24.5 Å². The van der Waals surface area contributed by atoms with E-state index >= 15 is 4.39 Å². The molecule has 1 amide bonds. The van der Waals surface area contributed by atoms with Gasteiger partial charge in [-0.3, -0.25) is 0 Å². The highest BCUT2D eigenvalue weighted by molar-refractivity contribution is 5.94. The Labute approximate surface area is 220 Å². The topological polar surface area (TPSA) is 122 Å². The van der Waals surface area contributed by atoms with Gasteiger partial charge in [0.15, 0.2) is 0 Å². The molecule has 1 fully saturated rings. The number of aromatic amines is 1. The molecule has 0 spiro atoms. The summed E-state index contributed by atoms with van der Waals surface area (Å²) in [5.74, 6) is 0.481. The molecule has 0 aromatic carbocycles. The summed E-state index contributed by atoms with van der Waals surface area (Å²) in [5, 5.41) is 7.90. The summed E-state index contributed by atoms with van der Waals surface area (Å²) >= 11 is 0. The van der Waals surface area contributed by atoms with Crippen molar-refractivity contribution >= 4 is 23.1 Å². The summed E-state index contributed by atoms with van der Waals surface area (Å²) in [5.41, 5.74) is 3.53. The van der Waals surface area contributed by atoms with Crippen LogP contribution in [-0.2, 0) is 4.74 Å². The van der Waals surface area contributed by atoms with Crippen molar-refractivity contribution in [1.82, 2.24) is 30.0 Å². The number of fused-ring (bicyclic) bond motifs is 1. The van der Waals surface area contributed by atoms with E-state index in [1.807, 2.05) is 27.7 Å². The van der Waals surface area contributed by atoms with Crippen molar-refractivity contribution < 1.29 is 18.4 Å². The maximum atomic E-state index is 15.3. The molecule has 0 unspecified atom stereocenters. The summed E-state index contributed by atoms with van der Waals surface area (Å²) in [6, 6.07) is 1.44. The molecule has 1 atom stereocenters. The SMILES string of the molecule is Cc1cnc(N[C@H]2CCCN(C(=O)OC(C)(C)C)C2)nc1-c1c[nH]c2nc(-c3c(C)noc3C)c(F)cc12. The summed E-state index contributed by atoms with van der Waals surface area (Å²) in [6.07, 6.45) is 4.91. The molecule has 38 heavy (non-hydrogen) atoms. The van der Waals surface area contributed by atoms with Crippen LogP contribution in [0.5, 0.6) is 0 Å². The van der Waals surface area contributed by atoms with Crippen LogP contribution in [0, 0.1) is 26.6 Å². The van der Waals surface area contributed by atoms with Crippen LogP contribution >= 0.6 is 0 Å². The van der Waals surface area contributed by atoms with E-state index in [1.165, 1.54) is 6.07 Å². The second-order valence-electron chi connectivity index (χ2n) is 10.8. The summed E-state index contributed by atoms with van der Waals surface area (Å²) in [7, 11) is 0. The van der Waals surface area contributed by atoms with Crippen LogP contribution in [0.3, 0.4) is 0 Å². The number of rotatable bonds is 4. The van der Waals surface area contributed by atoms with Crippen LogP contribution in [0.15, 0.2) is 23.0 Å². The van der Waals surface area contributed by atoms with Crippen LogP contribution in [0.4, 0.5) is 15.1 Å². The molecular formula is C27H32FN7O3. The number of hydrogen-bond donors (Lipinski definition) is 2. The Morgan fingerprint density at radius 2 is 2.03 bits per heavy atom. The number of nitrogens with zero attached hydrogens (tertiary/aromatic N) is 5. The number of nitrogens with one attached hydrogen (secondary N) is 2. The number of halogens is 1. The molecule has 2 N–H and O–H groups in total. The number of ether oxygens (including phenoxy) is 1. The molecule has 0 saturated carbocycles. The maximum Gasteiger partial charge on any atom is 0.410 e. The number of likely N-dealkylation sites (tertiary alicyclic amines) is 1. The number of amides is 1. The van der Waals surface area contributed by atoms with Crippen LogP contribution in [0.2, 0.25) is 0 Å². The lowest BCUT2D eigenvalue weighted by Crippen LogP contribution is -2.47. The van der Waals surface area contributed by atoms with Gasteiger partial charge in [0.1, 0.15) is 28.5 Å². The first kappa shape index (κ1) is 25.6.